The summed E-state index contributed by atoms with van der Waals surface area (Å²) in [6, 6.07) is 19.7. The second kappa shape index (κ2) is 10.2. The average Bonchev–Trinajstić information content (AvgIpc) is 3.18. The molecule has 0 atom stereocenters. The molecule has 8 heteroatoms. The summed E-state index contributed by atoms with van der Waals surface area (Å²) in [5.41, 5.74) is 2.17. The van der Waals surface area contributed by atoms with E-state index in [2.05, 4.69) is 15.4 Å². The molecule has 0 bridgehead atoms. The van der Waals surface area contributed by atoms with Crippen LogP contribution in [0.4, 0.5) is 4.79 Å². The van der Waals surface area contributed by atoms with Crippen molar-refractivity contribution in [2.24, 2.45) is 0 Å². The molecule has 0 spiro atoms. The Kier molecular flexibility index (Phi) is 7.08. The molecule has 0 saturated carbocycles. The molecule has 1 amide bonds. The summed E-state index contributed by atoms with van der Waals surface area (Å²) in [6.45, 7) is 1.82. The van der Waals surface area contributed by atoms with Crippen molar-refractivity contribution < 1.29 is 14.3 Å². The van der Waals surface area contributed by atoms with Gasteiger partial charge in [0.1, 0.15) is 0 Å². The van der Waals surface area contributed by atoms with Crippen molar-refractivity contribution in [2.45, 2.75) is 19.5 Å². The van der Waals surface area contributed by atoms with Gasteiger partial charge in [-0.25, -0.2) is 4.79 Å². The maximum Gasteiger partial charge on any atom is 0.418 e. The minimum Gasteiger partial charge on any atom is -0.383 e. The number of amides is 1. The molecule has 3 rings (SSSR count). The van der Waals surface area contributed by atoms with Crippen LogP contribution in [-0.4, -0.2) is 51.5 Å². The second-order valence-electron chi connectivity index (χ2n) is 6.17. The van der Waals surface area contributed by atoms with Crippen molar-refractivity contribution in [3.8, 4) is 6.01 Å². The molecule has 0 saturated heterocycles. The maximum atomic E-state index is 12.7. The molecule has 3 aromatic rings. The molecule has 0 aliphatic carbocycles. The Labute approximate surface area is 163 Å². The second-order valence-corrected chi connectivity index (χ2v) is 6.17. The number of aromatic nitrogens is 4. The number of methoxy groups -OCH3 is 1. The number of rotatable bonds is 9. The molecular weight excluding hydrogens is 358 g/mol. The van der Waals surface area contributed by atoms with Gasteiger partial charge < -0.3 is 14.4 Å². The van der Waals surface area contributed by atoms with Crippen LogP contribution in [0.3, 0.4) is 0 Å². The first-order valence-corrected chi connectivity index (χ1v) is 9.06. The fourth-order valence-electron chi connectivity index (χ4n) is 2.63. The number of carbonyl (C=O) groups is 1. The molecule has 0 aliphatic heterocycles. The van der Waals surface area contributed by atoms with E-state index >= 15 is 0 Å². The third kappa shape index (κ3) is 5.88. The normalized spacial score (nSPS) is 10.6. The minimum absolute atomic E-state index is 0.0705. The van der Waals surface area contributed by atoms with E-state index in [0.717, 1.165) is 17.5 Å². The van der Waals surface area contributed by atoms with E-state index in [1.54, 1.807) is 12.0 Å². The number of hydrogen-bond acceptors (Lipinski definition) is 6. The summed E-state index contributed by atoms with van der Waals surface area (Å²) in [7, 11) is 1.59. The predicted octanol–water partition coefficient (Wildman–Crippen LogP) is 2.56. The SMILES string of the molecule is COCCn1nnc(OC(=O)N(CCc2ccccc2)Cc2ccccc2)n1. The standard InChI is InChI=1S/C20H23N5O3/c1-27-15-14-25-22-19(21-23-25)28-20(26)24(16-18-10-6-3-7-11-18)13-12-17-8-4-2-5-9-17/h2-11H,12-16H2,1H3. The van der Waals surface area contributed by atoms with Gasteiger partial charge in [-0.2, -0.15) is 4.80 Å². The van der Waals surface area contributed by atoms with Crippen LogP contribution >= 0.6 is 0 Å². The van der Waals surface area contributed by atoms with Crippen molar-refractivity contribution in [1.82, 2.24) is 25.1 Å². The van der Waals surface area contributed by atoms with E-state index in [0.29, 0.717) is 26.2 Å². The van der Waals surface area contributed by atoms with Gasteiger partial charge in [0.25, 0.3) is 0 Å². The Morgan fingerprint density at radius 1 is 1.04 bits per heavy atom. The first-order valence-electron chi connectivity index (χ1n) is 9.06. The van der Waals surface area contributed by atoms with E-state index in [1.165, 1.54) is 4.80 Å². The zero-order valence-corrected chi connectivity index (χ0v) is 15.8. The van der Waals surface area contributed by atoms with E-state index in [-0.39, 0.29) is 6.01 Å². The van der Waals surface area contributed by atoms with Gasteiger partial charge in [-0.3, -0.25) is 0 Å². The summed E-state index contributed by atoms with van der Waals surface area (Å²) < 4.78 is 10.3. The van der Waals surface area contributed by atoms with Crippen LogP contribution in [0.1, 0.15) is 11.1 Å². The van der Waals surface area contributed by atoms with Gasteiger partial charge >= 0.3 is 12.1 Å². The molecule has 28 heavy (non-hydrogen) atoms. The van der Waals surface area contributed by atoms with Gasteiger partial charge in [0.15, 0.2) is 0 Å². The number of hydrogen-bond donors (Lipinski definition) is 0. The maximum absolute atomic E-state index is 12.7. The first kappa shape index (κ1) is 19.5. The number of nitrogens with zero attached hydrogens (tertiary/aromatic N) is 5. The molecule has 146 valence electrons. The lowest BCUT2D eigenvalue weighted by atomic mass is 10.1. The highest BCUT2D eigenvalue weighted by atomic mass is 16.6. The Morgan fingerprint density at radius 3 is 2.39 bits per heavy atom. The third-order valence-electron chi connectivity index (χ3n) is 4.10. The van der Waals surface area contributed by atoms with Gasteiger partial charge in [0.05, 0.1) is 13.2 Å². The molecule has 0 fully saturated rings. The molecular formula is C20H23N5O3. The van der Waals surface area contributed by atoms with E-state index in [9.17, 15) is 4.79 Å². The summed E-state index contributed by atoms with van der Waals surface area (Å²) in [4.78, 5) is 15.7. The minimum atomic E-state index is -0.508. The molecule has 0 radical (unpaired) electrons. The van der Waals surface area contributed by atoms with Crippen LogP contribution < -0.4 is 4.74 Å². The van der Waals surface area contributed by atoms with Crippen molar-refractivity contribution in [1.29, 1.82) is 0 Å². The zero-order valence-electron chi connectivity index (χ0n) is 15.8. The number of carbonyl (C=O) groups excluding carboxylic acids is 1. The van der Waals surface area contributed by atoms with Crippen LogP contribution in [0, 0.1) is 0 Å². The highest BCUT2D eigenvalue weighted by Crippen LogP contribution is 2.10. The topological polar surface area (TPSA) is 82.4 Å². The van der Waals surface area contributed by atoms with Gasteiger partial charge in [0, 0.05) is 20.2 Å². The van der Waals surface area contributed by atoms with Gasteiger partial charge in [-0.05, 0) is 22.8 Å². The van der Waals surface area contributed by atoms with Crippen LogP contribution in [0.15, 0.2) is 60.7 Å². The van der Waals surface area contributed by atoms with Crippen molar-refractivity contribution >= 4 is 6.09 Å². The Balaban J connectivity index is 1.65. The van der Waals surface area contributed by atoms with Gasteiger partial charge in [0.2, 0.25) is 0 Å². The number of tetrazole rings is 1. The molecule has 1 heterocycles. The lowest BCUT2D eigenvalue weighted by molar-refractivity contribution is 0.145. The monoisotopic (exact) mass is 381 g/mol. The van der Waals surface area contributed by atoms with E-state index < -0.39 is 6.09 Å². The van der Waals surface area contributed by atoms with E-state index in [4.69, 9.17) is 9.47 Å². The highest BCUT2D eigenvalue weighted by molar-refractivity contribution is 5.69. The summed E-state index contributed by atoms with van der Waals surface area (Å²) in [5, 5.41) is 11.7. The third-order valence-corrected chi connectivity index (χ3v) is 4.10. The Hall–Kier alpha value is -3.26. The highest BCUT2D eigenvalue weighted by Gasteiger charge is 2.19. The van der Waals surface area contributed by atoms with Crippen LogP contribution in [0.5, 0.6) is 6.01 Å². The zero-order chi connectivity index (χ0) is 19.6. The Bertz CT molecular complexity index is 855. The van der Waals surface area contributed by atoms with Crippen molar-refractivity contribution in [2.75, 3.05) is 20.3 Å². The van der Waals surface area contributed by atoms with Crippen LogP contribution in [-0.2, 0) is 24.2 Å². The summed E-state index contributed by atoms with van der Waals surface area (Å²) >= 11 is 0. The molecule has 2 aromatic carbocycles. The molecule has 1 aromatic heterocycles. The van der Waals surface area contributed by atoms with E-state index in [1.807, 2.05) is 60.7 Å². The fraction of sp³-hybridized carbons (Fsp3) is 0.300. The quantitative estimate of drug-likeness (QED) is 0.567. The lowest BCUT2D eigenvalue weighted by Gasteiger charge is -2.21. The van der Waals surface area contributed by atoms with Gasteiger partial charge in [-0.1, -0.05) is 70.9 Å². The molecule has 0 aliphatic rings. The van der Waals surface area contributed by atoms with Crippen LogP contribution in [0.25, 0.3) is 0 Å². The predicted molar refractivity (Wildman–Crippen MR) is 103 cm³/mol. The Morgan fingerprint density at radius 2 is 1.71 bits per heavy atom. The lowest BCUT2D eigenvalue weighted by Crippen LogP contribution is -2.35. The van der Waals surface area contributed by atoms with Crippen molar-refractivity contribution in [3.63, 3.8) is 0 Å². The fourth-order valence-corrected chi connectivity index (χ4v) is 2.63. The van der Waals surface area contributed by atoms with Crippen molar-refractivity contribution in [3.05, 3.63) is 71.8 Å². The largest absolute Gasteiger partial charge is 0.418 e. The molecule has 8 nitrogen and oxygen atoms in total. The summed E-state index contributed by atoms with van der Waals surface area (Å²) in [6.07, 6.45) is 0.211. The average molecular weight is 381 g/mol. The number of benzene rings is 2. The molecule has 0 N–H and O–H groups in total. The smallest absolute Gasteiger partial charge is 0.383 e. The van der Waals surface area contributed by atoms with Crippen LogP contribution in [0.2, 0.25) is 0 Å². The number of ether oxygens (including phenoxy) is 2. The van der Waals surface area contributed by atoms with Gasteiger partial charge in [-0.15, -0.1) is 0 Å². The molecule has 0 unspecified atom stereocenters. The first-order chi connectivity index (χ1) is 13.7. The summed E-state index contributed by atoms with van der Waals surface area (Å²) in [5.74, 6) is 0.